The maximum Gasteiger partial charge on any atom is 0.0811 e. The van der Waals surface area contributed by atoms with Gasteiger partial charge in [-0.05, 0) is 26.2 Å². The zero-order valence-corrected chi connectivity index (χ0v) is 8.12. The molecule has 0 aromatic rings. The molecule has 0 aromatic carbocycles. The van der Waals surface area contributed by atoms with E-state index in [9.17, 15) is 0 Å². The Hall–Kier alpha value is -0.120. The molecule has 3 nitrogen and oxygen atoms in total. The molecule has 0 radical (unpaired) electrons. The minimum Gasteiger partial charge on any atom is -0.301 e. The molecule has 0 spiro atoms. The first kappa shape index (κ1) is 9.96. The Bertz CT molecular complexity index is 122. The average Bonchev–Trinajstić information content (AvgIpc) is 2.17. The van der Waals surface area contributed by atoms with Gasteiger partial charge in [-0.3, -0.25) is 0 Å². The van der Waals surface area contributed by atoms with E-state index in [4.69, 9.17) is 10.7 Å². The van der Waals surface area contributed by atoms with Crippen molar-refractivity contribution in [2.75, 3.05) is 13.1 Å². The zero-order chi connectivity index (χ0) is 8.97. The predicted molar refractivity (Wildman–Crippen MR) is 49.6 cm³/mol. The van der Waals surface area contributed by atoms with Crippen LogP contribution in [0.15, 0.2) is 0 Å². The maximum atomic E-state index is 5.14. The maximum absolute atomic E-state index is 5.14. The third-order valence-electron chi connectivity index (χ3n) is 2.88. The number of hydrogen-bond acceptors (Lipinski definition) is 3. The Morgan fingerprint density at radius 1 is 1.50 bits per heavy atom. The lowest BCUT2D eigenvalue weighted by atomic mass is 10.1. The fraction of sp³-hybridized carbons (Fsp3) is 1.00. The van der Waals surface area contributed by atoms with Crippen molar-refractivity contribution in [1.29, 1.82) is 0 Å². The highest BCUT2D eigenvalue weighted by Gasteiger charge is 2.21. The molecule has 0 amide bonds. The van der Waals surface area contributed by atoms with Gasteiger partial charge >= 0.3 is 0 Å². The minimum absolute atomic E-state index is 0.297. The summed E-state index contributed by atoms with van der Waals surface area (Å²) < 4.78 is 0. The molecule has 1 aliphatic rings. The topological polar surface area (TPSA) is 38.5 Å². The van der Waals surface area contributed by atoms with Crippen molar-refractivity contribution in [3.8, 4) is 0 Å². The molecule has 0 aromatic heterocycles. The molecule has 2 N–H and O–H groups in total. The third kappa shape index (κ3) is 2.44. The molecule has 1 atom stereocenters. The second-order valence-electron chi connectivity index (χ2n) is 3.63. The normalized spacial score (nSPS) is 24.2. The van der Waals surface area contributed by atoms with Gasteiger partial charge in [0.15, 0.2) is 0 Å². The van der Waals surface area contributed by atoms with Gasteiger partial charge in [0.05, 0.1) is 6.10 Å². The Morgan fingerprint density at radius 3 is 2.50 bits per heavy atom. The number of piperidine rings is 1. The van der Waals surface area contributed by atoms with E-state index in [0.29, 0.717) is 12.1 Å². The number of likely N-dealkylation sites (tertiary alicyclic amines) is 1. The van der Waals surface area contributed by atoms with Gasteiger partial charge < -0.3 is 9.74 Å². The van der Waals surface area contributed by atoms with Gasteiger partial charge in [-0.25, -0.2) is 5.90 Å². The summed E-state index contributed by atoms with van der Waals surface area (Å²) in [6.45, 7) is 6.79. The Balaban J connectivity index is 2.25. The molecule has 0 saturated carbocycles. The van der Waals surface area contributed by atoms with Gasteiger partial charge in [0.25, 0.3) is 0 Å². The zero-order valence-electron chi connectivity index (χ0n) is 8.12. The average molecular weight is 172 g/mol. The van der Waals surface area contributed by atoms with Gasteiger partial charge in [0.1, 0.15) is 0 Å². The van der Waals surface area contributed by atoms with Crippen LogP contribution in [0.25, 0.3) is 0 Å². The molecule has 3 heteroatoms. The van der Waals surface area contributed by atoms with Crippen LogP contribution in [0.4, 0.5) is 0 Å². The predicted octanol–water partition coefficient (Wildman–Crippen LogP) is 1.14. The van der Waals surface area contributed by atoms with Crippen molar-refractivity contribution in [1.82, 2.24) is 4.90 Å². The third-order valence-corrected chi connectivity index (χ3v) is 2.88. The van der Waals surface area contributed by atoms with E-state index >= 15 is 0 Å². The van der Waals surface area contributed by atoms with Crippen LogP contribution in [0.3, 0.4) is 0 Å². The van der Waals surface area contributed by atoms with E-state index in [0.717, 1.165) is 25.9 Å². The highest BCUT2D eigenvalue weighted by atomic mass is 16.6. The fourth-order valence-electron chi connectivity index (χ4n) is 1.71. The highest BCUT2D eigenvalue weighted by molar-refractivity contribution is 4.75. The number of hydrogen-bond donors (Lipinski definition) is 1. The number of nitrogens with two attached hydrogens (primary N) is 1. The molecule has 12 heavy (non-hydrogen) atoms. The monoisotopic (exact) mass is 172 g/mol. The minimum atomic E-state index is 0.297. The molecule has 1 rings (SSSR count). The Kier molecular flexibility index (Phi) is 3.98. The van der Waals surface area contributed by atoms with Crippen molar-refractivity contribution in [3.05, 3.63) is 0 Å². The summed E-state index contributed by atoms with van der Waals surface area (Å²) >= 11 is 0. The smallest absolute Gasteiger partial charge is 0.0811 e. The molecular formula is C9H20N2O. The lowest BCUT2D eigenvalue weighted by molar-refractivity contribution is -0.00158. The Labute approximate surface area is 74.8 Å². The van der Waals surface area contributed by atoms with Crippen molar-refractivity contribution in [2.24, 2.45) is 5.90 Å². The van der Waals surface area contributed by atoms with Crippen molar-refractivity contribution >= 4 is 0 Å². The summed E-state index contributed by atoms with van der Waals surface area (Å²) in [5.41, 5.74) is 0. The number of nitrogens with zero attached hydrogens (tertiary/aromatic N) is 1. The molecule has 1 saturated heterocycles. The first-order valence-corrected chi connectivity index (χ1v) is 4.87. The Morgan fingerprint density at radius 2 is 2.08 bits per heavy atom. The lowest BCUT2D eigenvalue weighted by Gasteiger charge is -2.34. The van der Waals surface area contributed by atoms with E-state index in [2.05, 4.69) is 18.7 Å². The molecular weight excluding hydrogens is 152 g/mol. The van der Waals surface area contributed by atoms with E-state index < -0.39 is 0 Å². The summed E-state index contributed by atoms with van der Waals surface area (Å²) in [5.74, 6) is 5.14. The van der Waals surface area contributed by atoms with Crippen LogP contribution in [-0.2, 0) is 4.84 Å². The molecule has 1 fully saturated rings. The van der Waals surface area contributed by atoms with Crippen molar-refractivity contribution in [3.63, 3.8) is 0 Å². The van der Waals surface area contributed by atoms with Crippen LogP contribution in [0.2, 0.25) is 0 Å². The summed E-state index contributed by atoms with van der Waals surface area (Å²) in [4.78, 5) is 7.34. The van der Waals surface area contributed by atoms with Gasteiger partial charge in [0.2, 0.25) is 0 Å². The SMILES string of the molecule is CCC(C)N1CCC(ON)CC1. The van der Waals surface area contributed by atoms with Crippen LogP contribution in [-0.4, -0.2) is 30.1 Å². The van der Waals surface area contributed by atoms with Crippen LogP contribution in [0, 0.1) is 0 Å². The first-order chi connectivity index (χ1) is 5.77. The van der Waals surface area contributed by atoms with E-state index in [1.165, 1.54) is 6.42 Å². The summed E-state index contributed by atoms with van der Waals surface area (Å²) in [7, 11) is 0. The van der Waals surface area contributed by atoms with Gasteiger partial charge in [-0.2, -0.15) is 0 Å². The van der Waals surface area contributed by atoms with E-state index in [-0.39, 0.29) is 0 Å². The van der Waals surface area contributed by atoms with Crippen LogP contribution in [0.1, 0.15) is 33.1 Å². The molecule has 1 unspecified atom stereocenters. The highest BCUT2D eigenvalue weighted by Crippen LogP contribution is 2.15. The fourth-order valence-corrected chi connectivity index (χ4v) is 1.71. The molecule has 72 valence electrons. The quantitative estimate of drug-likeness (QED) is 0.649. The van der Waals surface area contributed by atoms with Crippen LogP contribution in [0.5, 0.6) is 0 Å². The van der Waals surface area contributed by atoms with Crippen molar-refractivity contribution < 1.29 is 4.84 Å². The van der Waals surface area contributed by atoms with Crippen LogP contribution >= 0.6 is 0 Å². The molecule has 1 heterocycles. The molecule has 0 aliphatic carbocycles. The molecule has 1 aliphatic heterocycles. The van der Waals surface area contributed by atoms with Gasteiger partial charge in [-0.1, -0.05) is 6.92 Å². The summed E-state index contributed by atoms with van der Waals surface area (Å²) in [6, 6.07) is 0.712. The standard InChI is InChI=1S/C9H20N2O/c1-3-8(2)11-6-4-9(12-10)5-7-11/h8-9H,3-7,10H2,1-2H3. The second-order valence-corrected chi connectivity index (χ2v) is 3.63. The summed E-state index contributed by atoms with van der Waals surface area (Å²) in [6.07, 6.45) is 3.70. The van der Waals surface area contributed by atoms with Gasteiger partial charge in [0, 0.05) is 19.1 Å². The van der Waals surface area contributed by atoms with Crippen molar-refractivity contribution in [2.45, 2.75) is 45.3 Å². The van der Waals surface area contributed by atoms with E-state index in [1.54, 1.807) is 0 Å². The van der Waals surface area contributed by atoms with E-state index in [1.807, 2.05) is 0 Å². The molecule has 0 bridgehead atoms. The number of rotatable bonds is 3. The lowest BCUT2D eigenvalue weighted by Crippen LogP contribution is -2.42. The van der Waals surface area contributed by atoms with Gasteiger partial charge in [-0.15, -0.1) is 0 Å². The second kappa shape index (κ2) is 4.80. The van der Waals surface area contributed by atoms with Crippen LogP contribution < -0.4 is 5.90 Å². The first-order valence-electron chi connectivity index (χ1n) is 4.87. The largest absolute Gasteiger partial charge is 0.301 e. The summed E-state index contributed by atoms with van der Waals surface area (Å²) in [5, 5.41) is 0.